The maximum Gasteiger partial charge on any atom is 0.407 e. The lowest BCUT2D eigenvalue weighted by molar-refractivity contribution is -0.134. The summed E-state index contributed by atoms with van der Waals surface area (Å²) in [5.41, 5.74) is 5.00. The molecule has 1 saturated heterocycles. The number of alkyl halides is 2. The van der Waals surface area contributed by atoms with Crippen molar-refractivity contribution in [3.63, 3.8) is 0 Å². The second kappa shape index (κ2) is 7.90. The third-order valence-electron chi connectivity index (χ3n) is 3.49. The van der Waals surface area contributed by atoms with Gasteiger partial charge in [0.2, 0.25) is 5.91 Å². The highest BCUT2D eigenvalue weighted by molar-refractivity contribution is 5.76. The number of nitrogens with one attached hydrogen (secondary N) is 1. The molecule has 1 rings (SSSR count). The summed E-state index contributed by atoms with van der Waals surface area (Å²) < 4.78 is 32.4. The van der Waals surface area contributed by atoms with Gasteiger partial charge in [-0.3, -0.25) is 4.79 Å². The number of amides is 2. The van der Waals surface area contributed by atoms with Gasteiger partial charge in [0.05, 0.1) is 6.54 Å². The van der Waals surface area contributed by atoms with Crippen molar-refractivity contribution < 1.29 is 23.1 Å². The Morgan fingerprint density at radius 3 is 2.35 bits per heavy atom. The van der Waals surface area contributed by atoms with Gasteiger partial charge in [0.25, 0.3) is 5.92 Å². The van der Waals surface area contributed by atoms with Gasteiger partial charge >= 0.3 is 6.09 Å². The number of carbonyl (C=O) groups excluding carboxylic acids is 2. The van der Waals surface area contributed by atoms with Crippen LogP contribution in [0.3, 0.4) is 0 Å². The number of alkyl carbamates (subject to hydrolysis) is 1. The summed E-state index contributed by atoms with van der Waals surface area (Å²) in [5.74, 6) is -3.45. The fraction of sp³-hybridized carbons (Fsp3) is 0.867. The van der Waals surface area contributed by atoms with E-state index in [0.29, 0.717) is 25.9 Å². The summed E-state index contributed by atoms with van der Waals surface area (Å²) in [6, 6.07) is 0.0820. The van der Waals surface area contributed by atoms with Gasteiger partial charge in [-0.05, 0) is 33.6 Å². The van der Waals surface area contributed by atoms with Gasteiger partial charge in [-0.15, -0.1) is 0 Å². The molecule has 1 aliphatic rings. The number of halogens is 2. The van der Waals surface area contributed by atoms with E-state index in [4.69, 9.17) is 10.5 Å². The van der Waals surface area contributed by atoms with Crippen LogP contribution in [-0.2, 0) is 9.53 Å². The Morgan fingerprint density at radius 2 is 1.83 bits per heavy atom. The minimum atomic E-state index is -3.15. The van der Waals surface area contributed by atoms with Crippen molar-refractivity contribution in [2.24, 2.45) is 5.73 Å². The molecule has 0 aromatic rings. The number of likely N-dealkylation sites (tertiary alicyclic amines) is 1. The molecular weight excluding hydrogens is 308 g/mol. The van der Waals surface area contributed by atoms with Crippen LogP contribution in [0.4, 0.5) is 13.6 Å². The highest BCUT2D eigenvalue weighted by Gasteiger charge is 2.32. The van der Waals surface area contributed by atoms with Crippen LogP contribution in [0.25, 0.3) is 0 Å². The molecule has 1 aliphatic heterocycles. The number of hydrogen-bond donors (Lipinski definition) is 2. The Hall–Kier alpha value is -1.44. The van der Waals surface area contributed by atoms with E-state index in [9.17, 15) is 18.4 Å². The van der Waals surface area contributed by atoms with E-state index in [1.165, 1.54) is 0 Å². The van der Waals surface area contributed by atoms with Crippen molar-refractivity contribution in [1.29, 1.82) is 0 Å². The van der Waals surface area contributed by atoms with Crippen LogP contribution < -0.4 is 11.1 Å². The lowest BCUT2D eigenvalue weighted by atomic mass is 10.1. The fourth-order valence-corrected chi connectivity index (χ4v) is 2.20. The SMILES string of the molecule is CC(C)(C)OC(=O)NCC(F)(F)CCC(=O)N1CCC(N)CC1. The van der Waals surface area contributed by atoms with Crippen molar-refractivity contribution in [1.82, 2.24) is 10.2 Å². The van der Waals surface area contributed by atoms with E-state index in [1.807, 2.05) is 5.32 Å². The molecule has 0 aromatic carbocycles. The number of nitrogens with two attached hydrogens (primary N) is 1. The number of rotatable bonds is 5. The molecule has 2 amide bonds. The molecule has 0 radical (unpaired) electrons. The average Bonchev–Trinajstić information content (AvgIpc) is 2.42. The monoisotopic (exact) mass is 335 g/mol. The first kappa shape index (κ1) is 19.6. The molecule has 0 saturated carbocycles. The van der Waals surface area contributed by atoms with E-state index in [2.05, 4.69) is 0 Å². The molecule has 0 aromatic heterocycles. The van der Waals surface area contributed by atoms with Crippen LogP contribution in [-0.4, -0.2) is 54.1 Å². The molecular formula is C15H27F2N3O3. The van der Waals surface area contributed by atoms with Gasteiger partial charge in [-0.25, -0.2) is 13.6 Å². The maximum atomic E-state index is 13.7. The third-order valence-corrected chi connectivity index (χ3v) is 3.49. The standard InChI is InChI=1S/C15H27F2N3O3/c1-14(2,3)23-13(22)19-10-15(16,17)7-4-12(21)20-8-5-11(18)6-9-20/h11H,4-10,18H2,1-3H3,(H,19,22). The smallest absolute Gasteiger partial charge is 0.407 e. The minimum absolute atomic E-state index is 0.0820. The topological polar surface area (TPSA) is 84.7 Å². The molecule has 1 heterocycles. The van der Waals surface area contributed by atoms with Crippen LogP contribution in [0, 0.1) is 0 Å². The van der Waals surface area contributed by atoms with Gasteiger partial charge in [-0.2, -0.15) is 0 Å². The van der Waals surface area contributed by atoms with Crippen LogP contribution in [0.5, 0.6) is 0 Å². The minimum Gasteiger partial charge on any atom is -0.444 e. The molecule has 0 spiro atoms. The molecule has 23 heavy (non-hydrogen) atoms. The van der Waals surface area contributed by atoms with E-state index in [1.54, 1.807) is 25.7 Å². The second-order valence-corrected chi connectivity index (χ2v) is 6.93. The predicted molar refractivity (Wildman–Crippen MR) is 82.2 cm³/mol. The summed E-state index contributed by atoms with van der Waals surface area (Å²) in [6.07, 6.45) is -0.360. The molecule has 134 valence electrons. The van der Waals surface area contributed by atoms with E-state index < -0.39 is 30.6 Å². The highest BCUT2D eigenvalue weighted by Crippen LogP contribution is 2.21. The maximum absolute atomic E-state index is 13.7. The van der Waals surface area contributed by atoms with E-state index in [0.717, 1.165) is 0 Å². The third kappa shape index (κ3) is 8.11. The van der Waals surface area contributed by atoms with Crippen molar-refractivity contribution in [2.45, 2.75) is 64.0 Å². The van der Waals surface area contributed by atoms with Crippen molar-refractivity contribution in [2.75, 3.05) is 19.6 Å². The van der Waals surface area contributed by atoms with Crippen LogP contribution in [0.1, 0.15) is 46.5 Å². The first-order valence-corrected chi connectivity index (χ1v) is 7.86. The Kier molecular flexibility index (Phi) is 6.73. The molecule has 3 N–H and O–H groups in total. The van der Waals surface area contributed by atoms with Crippen LogP contribution in [0.2, 0.25) is 0 Å². The zero-order valence-corrected chi connectivity index (χ0v) is 14.0. The lowest BCUT2D eigenvalue weighted by Gasteiger charge is -2.30. The van der Waals surface area contributed by atoms with E-state index in [-0.39, 0.29) is 18.4 Å². The number of carbonyl (C=O) groups is 2. The molecule has 0 unspecified atom stereocenters. The molecule has 1 fully saturated rings. The first-order valence-electron chi connectivity index (χ1n) is 7.86. The quantitative estimate of drug-likeness (QED) is 0.803. The highest BCUT2D eigenvalue weighted by atomic mass is 19.3. The number of ether oxygens (including phenoxy) is 1. The van der Waals surface area contributed by atoms with Crippen molar-refractivity contribution in [3.05, 3.63) is 0 Å². The molecule has 0 atom stereocenters. The fourth-order valence-electron chi connectivity index (χ4n) is 2.20. The second-order valence-electron chi connectivity index (χ2n) is 6.93. The average molecular weight is 335 g/mol. The normalized spacial score (nSPS) is 17.0. The van der Waals surface area contributed by atoms with Crippen LogP contribution >= 0.6 is 0 Å². The Labute approximate surface area is 135 Å². The Bertz CT molecular complexity index is 417. The summed E-state index contributed by atoms with van der Waals surface area (Å²) >= 11 is 0. The summed E-state index contributed by atoms with van der Waals surface area (Å²) in [5, 5.41) is 2.04. The molecule has 0 bridgehead atoms. The lowest BCUT2D eigenvalue weighted by Crippen LogP contribution is -2.44. The first-order chi connectivity index (χ1) is 10.5. The van der Waals surface area contributed by atoms with Crippen molar-refractivity contribution >= 4 is 12.0 Å². The summed E-state index contributed by atoms with van der Waals surface area (Å²) in [4.78, 5) is 24.9. The van der Waals surface area contributed by atoms with Gasteiger partial charge in [0, 0.05) is 32.0 Å². The molecule has 8 heteroatoms. The van der Waals surface area contributed by atoms with Gasteiger partial charge in [0.1, 0.15) is 5.60 Å². The zero-order chi connectivity index (χ0) is 17.7. The summed E-state index contributed by atoms with van der Waals surface area (Å²) in [6.45, 7) is 5.12. The summed E-state index contributed by atoms with van der Waals surface area (Å²) in [7, 11) is 0. The number of piperidine rings is 1. The predicted octanol–water partition coefficient (Wildman–Crippen LogP) is 1.88. The van der Waals surface area contributed by atoms with E-state index >= 15 is 0 Å². The molecule has 0 aliphatic carbocycles. The van der Waals surface area contributed by atoms with Crippen molar-refractivity contribution in [3.8, 4) is 0 Å². The zero-order valence-electron chi connectivity index (χ0n) is 14.0. The van der Waals surface area contributed by atoms with Crippen LogP contribution in [0.15, 0.2) is 0 Å². The largest absolute Gasteiger partial charge is 0.444 e. The van der Waals surface area contributed by atoms with Gasteiger partial charge in [-0.1, -0.05) is 0 Å². The number of hydrogen-bond acceptors (Lipinski definition) is 4. The number of nitrogens with zero attached hydrogens (tertiary/aromatic N) is 1. The van der Waals surface area contributed by atoms with Gasteiger partial charge < -0.3 is 20.7 Å². The Morgan fingerprint density at radius 1 is 1.26 bits per heavy atom. The van der Waals surface area contributed by atoms with Gasteiger partial charge in [0.15, 0.2) is 0 Å². The Balaban J connectivity index is 2.31. The molecule has 6 nitrogen and oxygen atoms in total.